The monoisotopic (exact) mass is 438 g/mol. The molecule has 0 heterocycles. The van der Waals surface area contributed by atoms with Crippen LogP contribution in [0.2, 0.25) is 0 Å². The molecule has 1 aliphatic carbocycles. The third kappa shape index (κ3) is 4.96. The van der Waals surface area contributed by atoms with Crippen molar-refractivity contribution in [3.8, 4) is 0 Å². The van der Waals surface area contributed by atoms with Crippen molar-refractivity contribution >= 4 is 0 Å². The van der Waals surface area contributed by atoms with E-state index in [1.807, 2.05) is 0 Å². The fourth-order valence-electron chi connectivity index (χ4n) is 5.17. The van der Waals surface area contributed by atoms with Crippen molar-refractivity contribution in [2.45, 2.75) is 96.3 Å². The SMILES string of the molecule is CC(C)(C)c1ccc(C2C(c3ccc(C(C)(C)C)cc3)C2c2ccc(C(C)(C)C)cc2)cc1. The van der Waals surface area contributed by atoms with Gasteiger partial charge < -0.3 is 0 Å². The Morgan fingerprint density at radius 3 is 0.667 bits per heavy atom. The molecule has 3 aromatic rings. The zero-order valence-corrected chi connectivity index (χ0v) is 22.2. The molecule has 0 radical (unpaired) electrons. The van der Waals surface area contributed by atoms with Crippen LogP contribution in [0.15, 0.2) is 72.8 Å². The lowest BCUT2D eigenvalue weighted by atomic mass is 9.86. The van der Waals surface area contributed by atoms with Crippen LogP contribution in [0.25, 0.3) is 0 Å². The van der Waals surface area contributed by atoms with Gasteiger partial charge in [0, 0.05) is 0 Å². The maximum absolute atomic E-state index is 2.38. The Kier molecular flexibility index (Phi) is 5.88. The molecule has 0 nitrogen and oxygen atoms in total. The lowest BCUT2D eigenvalue weighted by molar-refractivity contribution is 0.589. The Morgan fingerprint density at radius 1 is 0.333 bits per heavy atom. The lowest BCUT2D eigenvalue weighted by Crippen LogP contribution is -2.10. The van der Waals surface area contributed by atoms with E-state index in [0.717, 1.165) is 0 Å². The van der Waals surface area contributed by atoms with Crippen molar-refractivity contribution in [2.75, 3.05) is 0 Å². The Labute approximate surface area is 202 Å². The minimum absolute atomic E-state index is 0.187. The number of rotatable bonds is 3. The maximum atomic E-state index is 2.38. The molecule has 0 aromatic heterocycles. The van der Waals surface area contributed by atoms with Crippen molar-refractivity contribution in [2.24, 2.45) is 0 Å². The van der Waals surface area contributed by atoms with E-state index in [4.69, 9.17) is 0 Å². The van der Waals surface area contributed by atoms with Crippen molar-refractivity contribution in [1.29, 1.82) is 0 Å². The van der Waals surface area contributed by atoms with Crippen molar-refractivity contribution in [3.63, 3.8) is 0 Å². The van der Waals surface area contributed by atoms with E-state index < -0.39 is 0 Å². The largest absolute Gasteiger partial charge is 0.0584 e. The van der Waals surface area contributed by atoms with E-state index in [9.17, 15) is 0 Å². The first-order chi connectivity index (χ1) is 15.3. The standard InChI is InChI=1S/C33H42/c1-31(2,3)25-16-10-22(11-17-25)28-29(23-12-18-26(19-13-23)32(4,5)6)30(28)24-14-20-27(21-15-24)33(7,8)9/h10-21,28-30H,1-9H3. The summed E-state index contributed by atoms with van der Waals surface area (Å²) < 4.78 is 0. The molecule has 0 saturated heterocycles. The molecule has 0 atom stereocenters. The summed E-state index contributed by atoms with van der Waals surface area (Å²) in [6.45, 7) is 20.6. The molecule has 0 aliphatic heterocycles. The van der Waals surface area contributed by atoms with Crippen LogP contribution in [0, 0.1) is 0 Å². The van der Waals surface area contributed by atoms with Gasteiger partial charge in [-0.1, -0.05) is 135 Å². The lowest BCUT2D eigenvalue weighted by Gasteiger charge is -2.19. The predicted molar refractivity (Wildman–Crippen MR) is 144 cm³/mol. The van der Waals surface area contributed by atoms with E-state index in [2.05, 4.69) is 135 Å². The third-order valence-corrected chi connectivity index (χ3v) is 7.50. The molecular weight excluding hydrogens is 396 g/mol. The summed E-state index contributed by atoms with van der Waals surface area (Å²) in [6.07, 6.45) is 0. The number of benzene rings is 3. The van der Waals surface area contributed by atoms with Crippen molar-refractivity contribution in [3.05, 3.63) is 106 Å². The highest BCUT2D eigenvalue weighted by Crippen LogP contribution is 2.66. The topological polar surface area (TPSA) is 0 Å². The molecule has 4 rings (SSSR count). The Bertz CT molecular complexity index is 923. The fraction of sp³-hybridized carbons (Fsp3) is 0.455. The molecule has 1 saturated carbocycles. The highest BCUT2D eigenvalue weighted by atomic mass is 14.5. The van der Waals surface area contributed by atoms with E-state index in [-0.39, 0.29) is 16.2 Å². The Balaban J connectivity index is 1.69. The van der Waals surface area contributed by atoms with Gasteiger partial charge in [-0.15, -0.1) is 0 Å². The highest BCUT2D eigenvalue weighted by molar-refractivity contribution is 5.49. The third-order valence-electron chi connectivity index (χ3n) is 7.50. The first kappa shape index (κ1) is 23.8. The number of hydrogen-bond acceptors (Lipinski definition) is 0. The molecule has 0 bridgehead atoms. The van der Waals surface area contributed by atoms with Crippen molar-refractivity contribution in [1.82, 2.24) is 0 Å². The van der Waals surface area contributed by atoms with Gasteiger partial charge >= 0.3 is 0 Å². The summed E-state index contributed by atoms with van der Waals surface area (Å²) in [5, 5.41) is 0. The summed E-state index contributed by atoms with van der Waals surface area (Å²) in [5.41, 5.74) is 9.19. The minimum Gasteiger partial charge on any atom is -0.0584 e. The fourth-order valence-corrected chi connectivity index (χ4v) is 5.17. The molecule has 1 aliphatic rings. The van der Waals surface area contributed by atoms with Crippen LogP contribution in [-0.4, -0.2) is 0 Å². The van der Waals surface area contributed by atoms with E-state index in [1.165, 1.54) is 33.4 Å². The van der Waals surface area contributed by atoms with E-state index in [0.29, 0.717) is 17.8 Å². The summed E-state index contributed by atoms with van der Waals surface area (Å²) in [4.78, 5) is 0. The van der Waals surface area contributed by atoms with Gasteiger partial charge in [0.1, 0.15) is 0 Å². The van der Waals surface area contributed by atoms with Gasteiger partial charge in [0.2, 0.25) is 0 Å². The van der Waals surface area contributed by atoms with Gasteiger partial charge in [-0.2, -0.15) is 0 Å². The second-order valence-electron chi connectivity index (χ2n) is 13.2. The molecule has 1 fully saturated rings. The zero-order chi connectivity index (χ0) is 24.2. The molecule has 0 unspecified atom stereocenters. The van der Waals surface area contributed by atoms with Crippen LogP contribution in [0.5, 0.6) is 0 Å². The van der Waals surface area contributed by atoms with E-state index >= 15 is 0 Å². The molecule has 33 heavy (non-hydrogen) atoms. The van der Waals surface area contributed by atoms with Gasteiger partial charge in [-0.05, 0) is 67.4 Å². The highest BCUT2D eigenvalue weighted by Gasteiger charge is 2.52. The smallest absolute Gasteiger partial charge is 0.00120 e. The van der Waals surface area contributed by atoms with Crippen LogP contribution in [0.1, 0.15) is 113 Å². The normalized spacial score (nSPS) is 21.2. The van der Waals surface area contributed by atoms with E-state index in [1.54, 1.807) is 0 Å². The molecule has 3 aromatic carbocycles. The second kappa shape index (κ2) is 8.15. The molecular formula is C33H42. The average molecular weight is 439 g/mol. The summed E-state index contributed by atoms with van der Waals surface area (Å²) in [5.74, 6) is 1.62. The molecule has 0 spiro atoms. The van der Waals surface area contributed by atoms with Crippen LogP contribution in [0.4, 0.5) is 0 Å². The summed E-state index contributed by atoms with van der Waals surface area (Å²) in [7, 11) is 0. The number of hydrogen-bond donors (Lipinski definition) is 0. The Morgan fingerprint density at radius 2 is 0.515 bits per heavy atom. The quantitative estimate of drug-likeness (QED) is 0.382. The maximum Gasteiger partial charge on any atom is -0.00120 e. The minimum atomic E-state index is 0.187. The van der Waals surface area contributed by atoms with Crippen LogP contribution < -0.4 is 0 Å². The summed E-state index contributed by atoms with van der Waals surface area (Å²) in [6, 6.07) is 28.3. The molecule has 0 amide bonds. The van der Waals surface area contributed by atoms with Crippen LogP contribution in [0.3, 0.4) is 0 Å². The van der Waals surface area contributed by atoms with Gasteiger partial charge in [-0.25, -0.2) is 0 Å². The van der Waals surface area contributed by atoms with Gasteiger partial charge in [0.15, 0.2) is 0 Å². The molecule has 0 heteroatoms. The zero-order valence-electron chi connectivity index (χ0n) is 22.2. The van der Waals surface area contributed by atoms with Gasteiger partial charge in [0.05, 0.1) is 0 Å². The van der Waals surface area contributed by atoms with Gasteiger partial charge in [-0.3, -0.25) is 0 Å². The average Bonchev–Trinajstić information content (AvgIpc) is 3.48. The van der Waals surface area contributed by atoms with Crippen LogP contribution in [-0.2, 0) is 16.2 Å². The Hall–Kier alpha value is -2.34. The first-order valence-corrected chi connectivity index (χ1v) is 12.6. The second-order valence-corrected chi connectivity index (χ2v) is 13.2. The van der Waals surface area contributed by atoms with Gasteiger partial charge in [0.25, 0.3) is 0 Å². The summed E-state index contributed by atoms with van der Waals surface area (Å²) >= 11 is 0. The predicted octanol–water partition coefficient (Wildman–Crippen LogP) is 9.24. The molecule has 0 N–H and O–H groups in total. The molecule has 174 valence electrons. The first-order valence-electron chi connectivity index (χ1n) is 12.6. The van der Waals surface area contributed by atoms with Crippen molar-refractivity contribution < 1.29 is 0 Å². The van der Waals surface area contributed by atoms with Crippen LogP contribution >= 0.6 is 0 Å².